The van der Waals surface area contributed by atoms with Crippen LogP contribution in [0.4, 0.5) is 13.2 Å². The molecule has 0 fully saturated rings. The monoisotopic (exact) mass is 271 g/mol. The Morgan fingerprint density at radius 3 is 2.58 bits per heavy atom. The number of hydrogen-bond donors (Lipinski definition) is 1. The van der Waals surface area contributed by atoms with Crippen LogP contribution in [-0.2, 0) is 6.18 Å². The Bertz CT molecular complexity index is 563. The van der Waals surface area contributed by atoms with Gasteiger partial charge in [-0.2, -0.15) is 18.3 Å². The predicted molar refractivity (Wildman–Crippen MR) is 62.6 cm³/mol. The second-order valence-electron chi connectivity index (χ2n) is 3.99. The van der Waals surface area contributed by atoms with Gasteiger partial charge in [-0.1, -0.05) is 12.1 Å². The van der Waals surface area contributed by atoms with E-state index in [0.717, 1.165) is 6.07 Å². The lowest BCUT2D eigenvalue weighted by Gasteiger charge is -2.12. The lowest BCUT2D eigenvalue weighted by Crippen LogP contribution is -2.14. The molecular formula is C12H12F3N3O. The van der Waals surface area contributed by atoms with Gasteiger partial charge >= 0.3 is 6.18 Å². The second kappa shape index (κ2) is 4.93. The topological polar surface area (TPSA) is 53.1 Å². The molecule has 0 aliphatic carbocycles. The molecule has 19 heavy (non-hydrogen) atoms. The van der Waals surface area contributed by atoms with E-state index >= 15 is 0 Å². The summed E-state index contributed by atoms with van der Waals surface area (Å²) in [7, 11) is 0. The molecule has 7 heteroatoms. The SMILES string of the molecule is CC(N)n1cc(Oc2ccccc2C(F)(F)F)cn1. The Balaban J connectivity index is 2.28. The Kier molecular flexibility index (Phi) is 3.48. The van der Waals surface area contributed by atoms with E-state index in [1.54, 1.807) is 6.92 Å². The van der Waals surface area contributed by atoms with Crippen molar-refractivity contribution in [2.45, 2.75) is 19.3 Å². The number of para-hydroxylation sites is 1. The number of halogens is 3. The van der Waals surface area contributed by atoms with Gasteiger partial charge in [0.15, 0.2) is 5.75 Å². The highest BCUT2D eigenvalue weighted by Crippen LogP contribution is 2.37. The van der Waals surface area contributed by atoms with Crippen LogP contribution in [0, 0.1) is 0 Å². The molecule has 1 unspecified atom stereocenters. The van der Waals surface area contributed by atoms with E-state index in [0.29, 0.717) is 0 Å². The zero-order valence-electron chi connectivity index (χ0n) is 10.1. The first-order valence-electron chi connectivity index (χ1n) is 5.52. The van der Waals surface area contributed by atoms with Crippen molar-refractivity contribution in [1.82, 2.24) is 9.78 Å². The first kappa shape index (κ1) is 13.4. The zero-order chi connectivity index (χ0) is 14.0. The molecular weight excluding hydrogens is 259 g/mol. The van der Waals surface area contributed by atoms with Crippen molar-refractivity contribution in [2.75, 3.05) is 0 Å². The molecule has 0 saturated heterocycles. The lowest BCUT2D eigenvalue weighted by molar-refractivity contribution is -0.138. The molecule has 2 rings (SSSR count). The van der Waals surface area contributed by atoms with Crippen molar-refractivity contribution in [1.29, 1.82) is 0 Å². The van der Waals surface area contributed by atoms with Crippen LogP contribution >= 0.6 is 0 Å². The van der Waals surface area contributed by atoms with Crippen LogP contribution in [-0.4, -0.2) is 9.78 Å². The molecule has 0 amide bonds. The Morgan fingerprint density at radius 2 is 2.00 bits per heavy atom. The van der Waals surface area contributed by atoms with E-state index in [-0.39, 0.29) is 17.7 Å². The van der Waals surface area contributed by atoms with Crippen LogP contribution in [0.3, 0.4) is 0 Å². The smallest absolute Gasteiger partial charge is 0.419 e. The average molecular weight is 271 g/mol. The molecule has 0 aliphatic rings. The van der Waals surface area contributed by atoms with Crippen molar-refractivity contribution in [3.05, 3.63) is 42.2 Å². The van der Waals surface area contributed by atoms with Crippen LogP contribution in [0.15, 0.2) is 36.7 Å². The number of hydrogen-bond acceptors (Lipinski definition) is 3. The van der Waals surface area contributed by atoms with Gasteiger partial charge in [0.1, 0.15) is 5.75 Å². The van der Waals surface area contributed by atoms with E-state index in [1.165, 1.54) is 35.3 Å². The molecule has 0 aliphatic heterocycles. The number of nitrogens with two attached hydrogens (primary N) is 1. The number of benzene rings is 1. The van der Waals surface area contributed by atoms with Crippen molar-refractivity contribution >= 4 is 0 Å². The minimum Gasteiger partial charge on any atom is -0.453 e. The van der Waals surface area contributed by atoms with Gasteiger partial charge in [-0.25, -0.2) is 0 Å². The third-order valence-corrected chi connectivity index (χ3v) is 2.42. The fourth-order valence-corrected chi connectivity index (χ4v) is 1.51. The molecule has 0 radical (unpaired) electrons. The van der Waals surface area contributed by atoms with Gasteiger partial charge in [-0.3, -0.25) is 4.68 Å². The predicted octanol–water partition coefficient (Wildman–Crippen LogP) is 3.17. The minimum absolute atomic E-state index is 0.203. The molecule has 2 N–H and O–H groups in total. The van der Waals surface area contributed by atoms with Crippen LogP contribution in [0.1, 0.15) is 18.7 Å². The molecule has 1 heterocycles. The number of aromatic nitrogens is 2. The van der Waals surface area contributed by atoms with Gasteiger partial charge in [-0.15, -0.1) is 0 Å². The molecule has 1 atom stereocenters. The second-order valence-corrected chi connectivity index (χ2v) is 3.99. The van der Waals surface area contributed by atoms with Gasteiger partial charge < -0.3 is 10.5 Å². The third kappa shape index (κ3) is 3.05. The molecule has 1 aromatic carbocycles. The summed E-state index contributed by atoms with van der Waals surface area (Å²) in [6.45, 7) is 1.69. The number of ether oxygens (including phenoxy) is 1. The summed E-state index contributed by atoms with van der Waals surface area (Å²) in [4.78, 5) is 0. The molecule has 0 spiro atoms. The van der Waals surface area contributed by atoms with Crippen LogP contribution in [0.5, 0.6) is 11.5 Å². The molecule has 1 aromatic heterocycles. The highest BCUT2D eigenvalue weighted by Gasteiger charge is 2.34. The van der Waals surface area contributed by atoms with Crippen LogP contribution in [0.2, 0.25) is 0 Å². The van der Waals surface area contributed by atoms with Crippen molar-refractivity contribution in [2.24, 2.45) is 5.73 Å². The van der Waals surface area contributed by atoms with Crippen molar-refractivity contribution in [3.63, 3.8) is 0 Å². The fraction of sp³-hybridized carbons (Fsp3) is 0.250. The van der Waals surface area contributed by atoms with E-state index in [9.17, 15) is 13.2 Å². The van der Waals surface area contributed by atoms with Crippen LogP contribution < -0.4 is 10.5 Å². The minimum atomic E-state index is -4.46. The maximum absolute atomic E-state index is 12.8. The number of alkyl halides is 3. The van der Waals surface area contributed by atoms with Crippen molar-refractivity contribution in [3.8, 4) is 11.5 Å². The molecule has 0 bridgehead atoms. The highest BCUT2D eigenvalue weighted by atomic mass is 19.4. The van der Waals surface area contributed by atoms with E-state index in [1.807, 2.05) is 0 Å². The summed E-state index contributed by atoms with van der Waals surface area (Å²) < 4.78 is 44.9. The number of rotatable bonds is 3. The lowest BCUT2D eigenvalue weighted by atomic mass is 10.2. The van der Waals surface area contributed by atoms with E-state index in [4.69, 9.17) is 10.5 Å². The standard InChI is InChI=1S/C12H12F3N3O/c1-8(16)18-7-9(6-17-18)19-11-5-3-2-4-10(11)12(13,14)15/h2-8H,16H2,1H3. The zero-order valence-corrected chi connectivity index (χ0v) is 10.1. The summed E-state index contributed by atoms with van der Waals surface area (Å²) in [5, 5.41) is 3.89. The molecule has 2 aromatic rings. The largest absolute Gasteiger partial charge is 0.453 e. The maximum Gasteiger partial charge on any atom is 0.419 e. The molecule has 0 saturated carbocycles. The summed E-state index contributed by atoms with van der Waals surface area (Å²) in [5.74, 6) is -0.0618. The summed E-state index contributed by atoms with van der Waals surface area (Å²) in [5.41, 5.74) is 4.75. The highest BCUT2D eigenvalue weighted by molar-refractivity contribution is 5.38. The third-order valence-electron chi connectivity index (χ3n) is 2.42. The Labute approximate surface area is 107 Å². The molecule has 4 nitrogen and oxygen atoms in total. The number of nitrogens with zero attached hydrogens (tertiary/aromatic N) is 2. The quantitative estimate of drug-likeness (QED) is 0.932. The maximum atomic E-state index is 12.8. The molecule has 102 valence electrons. The summed E-state index contributed by atoms with van der Waals surface area (Å²) in [6.07, 6.45) is -2.09. The van der Waals surface area contributed by atoms with Gasteiger partial charge in [0.05, 0.1) is 24.1 Å². The summed E-state index contributed by atoms with van der Waals surface area (Å²) in [6, 6.07) is 5.00. The van der Waals surface area contributed by atoms with Crippen LogP contribution in [0.25, 0.3) is 0 Å². The van der Waals surface area contributed by atoms with Gasteiger partial charge in [0.2, 0.25) is 0 Å². The fourth-order valence-electron chi connectivity index (χ4n) is 1.51. The Hall–Kier alpha value is -2.02. The van der Waals surface area contributed by atoms with Gasteiger partial charge in [0, 0.05) is 0 Å². The summed E-state index contributed by atoms with van der Waals surface area (Å²) >= 11 is 0. The van der Waals surface area contributed by atoms with Crippen molar-refractivity contribution < 1.29 is 17.9 Å². The first-order valence-corrected chi connectivity index (χ1v) is 5.52. The normalized spacial score (nSPS) is 13.3. The Morgan fingerprint density at radius 1 is 1.32 bits per heavy atom. The van der Waals surface area contributed by atoms with Gasteiger partial charge in [-0.05, 0) is 19.1 Å². The van der Waals surface area contributed by atoms with E-state index in [2.05, 4.69) is 5.10 Å². The van der Waals surface area contributed by atoms with Gasteiger partial charge in [0.25, 0.3) is 0 Å². The van der Waals surface area contributed by atoms with E-state index < -0.39 is 11.7 Å². The first-order chi connectivity index (χ1) is 8.88. The average Bonchev–Trinajstić information content (AvgIpc) is 2.77.